The summed E-state index contributed by atoms with van der Waals surface area (Å²) in [6.45, 7) is 0.917. The number of hydrogen-bond donors (Lipinski definition) is 1. The molecule has 17 heavy (non-hydrogen) atoms. The Morgan fingerprint density at radius 2 is 2.47 bits per heavy atom. The quantitative estimate of drug-likeness (QED) is 0.839. The van der Waals surface area contributed by atoms with E-state index in [1.165, 1.54) is 0 Å². The van der Waals surface area contributed by atoms with E-state index in [-0.39, 0.29) is 6.10 Å². The van der Waals surface area contributed by atoms with Crippen LogP contribution >= 0.6 is 11.6 Å². The molecule has 2 heterocycles. The Bertz CT molecular complexity index is 367. The van der Waals surface area contributed by atoms with Crippen LogP contribution in [0, 0.1) is 0 Å². The van der Waals surface area contributed by atoms with Crippen molar-refractivity contribution < 1.29 is 14.6 Å². The Labute approximate surface area is 106 Å². The molecule has 1 aromatic rings. The van der Waals surface area contributed by atoms with Crippen LogP contribution in [0.15, 0.2) is 18.3 Å². The average Bonchev–Trinajstić information content (AvgIpc) is 2.30. The molecule has 2 unspecified atom stereocenters. The second-order valence-corrected chi connectivity index (χ2v) is 4.68. The Morgan fingerprint density at radius 1 is 1.65 bits per heavy atom. The summed E-state index contributed by atoms with van der Waals surface area (Å²) in [5, 5.41) is 10.2. The van der Waals surface area contributed by atoms with E-state index in [1.807, 2.05) is 6.07 Å². The topological polar surface area (TPSA) is 51.6 Å². The Kier molecular flexibility index (Phi) is 3.99. The van der Waals surface area contributed by atoms with Crippen molar-refractivity contribution in [1.29, 1.82) is 0 Å². The van der Waals surface area contributed by atoms with Crippen LogP contribution in [0.1, 0.15) is 18.4 Å². The maximum Gasteiger partial charge on any atom is 0.129 e. The summed E-state index contributed by atoms with van der Waals surface area (Å²) >= 11 is 5.77. The third-order valence-corrected chi connectivity index (χ3v) is 3.25. The molecule has 2 atom stereocenters. The molecule has 5 heteroatoms. The fourth-order valence-electron chi connectivity index (χ4n) is 2.20. The van der Waals surface area contributed by atoms with Crippen molar-refractivity contribution in [3.63, 3.8) is 0 Å². The van der Waals surface area contributed by atoms with E-state index in [1.54, 1.807) is 19.4 Å². The number of ether oxygens (including phenoxy) is 2. The van der Waals surface area contributed by atoms with Gasteiger partial charge in [0.15, 0.2) is 0 Å². The molecule has 94 valence electrons. The standard InChI is InChI=1S/C12H16ClNO3/c1-16-8-12(6-10(15)4-5-17-12)9-2-3-11(13)14-7-9/h2-3,7,10,15H,4-6,8H2,1H3. The van der Waals surface area contributed by atoms with Gasteiger partial charge in [-0.25, -0.2) is 4.98 Å². The van der Waals surface area contributed by atoms with Crippen LogP contribution < -0.4 is 0 Å². The first-order valence-corrected chi connectivity index (χ1v) is 5.97. The molecule has 0 bridgehead atoms. The number of methoxy groups -OCH3 is 1. The fraction of sp³-hybridized carbons (Fsp3) is 0.583. The van der Waals surface area contributed by atoms with Gasteiger partial charge >= 0.3 is 0 Å². The van der Waals surface area contributed by atoms with Crippen LogP contribution in [0.5, 0.6) is 0 Å². The Balaban J connectivity index is 2.29. The van der Waals surface area contributed by atoms with Gasteiger partial charge in [-0.1, -0.05) is 17.7 Å². The summed E-state index contributed by atoms with van der Waals surface area (Å²) < 4.78 is 11.1. The molecule has 0 radical (unpaired) electrons. The van der Waals surface area contributed by atoms with Gasteiger partial charge in [0.25, 0.3) is 0 Å². The first-order valence-electron chi connectivity index (χ1n) is 5.59. The molecule has 1 fully saturated rings. The predicted octanol–water partition coefficient (Wildman–Crippen LogP) is 1.75. The molecule has 1 saturated heterocycles. The van der Waals surface area contributed by atoms with Crippen molar-refractivity contribution in [3.8, 4) is 0 Å². The maximum absolute atomic E-state index is 9.81. The first-order chi connectivity index (χ1) is 8.16. The predicted molar refractivity (Wildman–Crippen MR) is 64.0 cm³/mol. The number of nitrogens with zero attached hydrogens (tertiary/aromatic N) is 1. The zero-order valence-corrected chi connectivity index (χ0v) is 10.5. The van der Waals surface area contributed by atoms with Gasteiger partial charge in [0.2, 0.25) is 0 Å². The summed E-state index contributed by atoms with van der Waals surface area (Å²) in [6, 6.07) is 3.59. The van der Waals surface area contributed by atoms with Crippen molar-refractivity contribution in [2.45, 2.75) is 24.5 Å². The van der Waals surface area contributed by atoms with E-state index in [0.29, 0.717) is 31.2 Å². The molecule has 0 amide bonds. The van der Waals surface area contributed by atoms with Gasteiger partial charge in [-0.05, 0) is 12.5 Å². The van der Waals surface area contributed by atoms with Crippen LogP contribution in [-0.2, 0) is 15.1 Å². The SMILES string of the molecule is COCC1(c2ccc(Cl)nc2)CC(O)CCO1. The van der Waals surface area contributed by atoms with Crippen molar-refractivity contribution in [1.82, 2.24) is 4.98 Å². The van der Waals surface area contributed by atoms with E-state index in [4.69, 9.17) is 21.1 Å². The minimum atomic E-state index is -0.607. The van der Waals surface area contributed by atoms with E-state index in [0.717, 1.165) is 5.56 Å². The van der Waals surface area contributed by atoms with Crippen LogP contribution in [0.25, 0.3) is 0 Å². The van der Waals surface area contributed by atoms with E-state index in [2.05, 4.69) is 4.98 Å². The van der Waals surface area contributed by atoms with Gasteiger partial charge in [0, 0.05) is 25.3 Å². The molecule has 0 saturated carbocycles. The highest BCUT2D eigenvalue weighted by Crippen LogP contribution is 2.35. The molecular formula is C12H16ClNO3. The van der Waals surface area contributed by atoms with Gasteiger partial charge in [-0.15, -0.1) is 0 Å². The van der Waals surface area contributed by atoms with Gasteiger partial charge in [-0.2, -0.15) is 0 Å². The third kappa shape index (κ3) is 2.77. The maximum atomic E-state index is 9.81. The van der Waals surface area contributed by atoms with Crippen molar-refractivity contribution in [3.05, 3.63) is 29.0 Å². The number of hydrogen-bond acceptors (Lipinski definition) is 4. The molecule has 2 rings (SSSR count). The molecule has 1 aliphatic rings. The molecule has 1 N–H and O–H groups in total. The number of aromatic nitrogens is 1. The van der Waals surface area contributed by atoms with Gasteiger partial charge in [-0.3, -0.25) is 0 Å². The minimum absolute atomic E-state index is 0.366. The fourth-order valence-corrected chi connectivity index (χ4v) is 2.31. The highest BCUT2D eigenvalue weighted by atomic mass is 35.5. The van der Waals surface area contributed by atoms with E-state index < -0.39 is 5.60 Å². The first kappa shape index (κ1) is 12.8. The molecular weight excluding hydrogens is 242 g/mol. The Hall–Kier alpha value is -0.680. The Morgan fingerprint density at radius 3 is 3.06 bits per heavy atom. The van der Waals surface area contributed by atoms with Crippen LogP contribution in [0.4, 0.5) is 0 Å². The van der Waals surface area contributed by atoms with Crippen LogP contribution in [-0.4, -0.2) is 36.5 Å². The number of pyridine rings is 1. The molecule has 1 aromatic heterocycles. The van der Waals surface area contributed by atoms with Crippen molar-refractivity contribution >= 4 is 11.6 Å². The zero-order valence-electron chi connectivity index (χ0n) is 9.73. The molecule has 1 aliphatic heterocycles. The number of rotatable bonds is 3. The summed E-state index contributed by atoms with van der Waals surface area (Å²) in [5.41, 5.74) is 0.284. The van der Waals surface area contributed by atoms with Gasteiger partial charge < -0.3 is 14.6 Å². The summed E-state index contributed by atoms with van der Waals surface area (Å²) in [5.74, 6) is 0. The van der Waals surface area contributed by atoms with Crippen molar-refractivity contribution in [2.24, 2.45) is 0 Å². The summed E-state index contributed by atoms with van der Waals surface area (Å²) in [4.78, 5) is 4.05. The summed E-state index contributed by atoms with van der Waals surface area (Å²) in [7, 11) is 1.62. The van der Waals surface area contributed by atoms with Gasteiger partial charge in [0.1, 0.15) is 10.8 Å². The lowest BCUT2D eigenvalue weighted by molar-refractivity contribution is -0.152. The molecule has 0 aliphatic carbocycles. The minimum Gasteiger partial charge on any atom is -0.393 e. The smallest absolute Gasteiger partial charge is 0.129 e. The molecule has 0 aromatic carbocycles. The number of halogens is 1. The zero-order chi connectivity index (χ0) is 12.3. The summed E-state index contributed by atoms with van der Waals surface area (Å²) in [6.07, 6.45) is 2.49. The highest BCUT2D eigenvalue weighted by Gasteiger charge is 2.39. The van der Waals surface area contributed by atoms with Gasteiger partial charge in [0.05, 0.1) is 19.3 Å². The molecule has 4 nitrogen and oxygen atoms in total. The second kappa shape index (κ2) is 5.31. The third-order valence-electron chi connectivity index (χ3n) is 3.03. The number of aliphatic hydroxyl groups excluding tert-OH is 1. The lowest BCUT2D eigenvalue weighted by Gasteiger charge is -2.39. The van der Waals surface area contributed by atoms with E-state index in [9.17, 15) is 5.11 Å². The average molecular weight is 258 g/mol. The molecule has 0 spiro atoms. The lowest BCUT2D eigenvalue weighted by atomic mass is 9.86. The normalized spacial score (nSPS) is 29.2. The second-order valence-electron chi connectivity index (χ2n) is 4.29. The largest absolute Gasteiger partial charge is 0.393 e. The van der Waals surface area contributed by atoms with E-state index >= 15 is 0 Å². The monoisotopic (exact) mass is 257 g/mol. The van der Waals surface area contributed by atoms with Crippen LogP contribution in [0.3, 0.4) is 0 Å². The lowest BCUT2D eigenvalue weighted by Crippen LogP contribution is -2.43. The number of aliphatic hydroxyl groups is 1. The van der Waals surface area contributed by atoms with Crippen molar-refractivity contribution in [2.75, 3.05) is 20.3 Å². The van der Waals surface area contributed by atoms with Crippen LogP contribution in [0.2, 0.25) is 5.15 Å². The highest BCUT2D eigenvalue weighted by molar-refractivity contribution is 6.29.